The maximum absolute atomic E-state index is 10.5. The molecule has 0 spiro atoms. The average molecular weight is 276 g/mol. The van der Waals surface area contributed by atoms with Gasteiger partial charge in [-0.05, 0) is 12.1 Å². The van der Waals surface area contributed by atoms with E-state index in [-0.39, 0.29) is 0 Å². The molecule has 6 nitrogen and oxygen atoms in total. The maximum Gasteiger partial charge on any atom is 0.341 e. The van der Waals surface area contributed by atoms with Gasteiger partial charge in [-0.2, -0.15) is 0 Å². The Morgan fingerprint density at radius 3 is 1.55 bits per heavy atom. The van der Waals surface area contributed by atoms with Gasteiger partial charge >= 0.3 is 11.9 Å². The summed E-state index contributed by atoms with van der Waals surface area (Å²) >= 11 is 0. The lowest BCUT2D eigenvalue weighted by Gasteiger charge is -2.11. The van der Waals surface area contributed by atoms with Crippen LogP contribution in [0.1, 0.15) is 0 Å². The summed E-state index contributed by atoms with van der Waals surface area (Å²) in [5, 5.41) is 18.6. The van der Waals surface area contributed by atoms with Gasteiger partial charge in [0, 0.05) is 10.8 Å². The second kappa shape index (κ2) is 5.92. The third-order valence-electron chi connectivity index (χ3n) is 2.54. The SMILES string of the molecule is O=C(O)COc1cccc2c(OCC(=O)O)cccc12. The number of aliphatic carboxylic acids is 2. The van der Waals surface area contributed by atoms with E-state index in [9.17, 15) is 9.59 Å². The van der Waals surface area contributed by atoms with Gasteiger partial charge in [-0.15, -0.1) is 0 Å². The number of benzene rings is 2. The first-order chi connectivity index (χ1) is 9.58. The molecule has 0 saturated heterocycles. The molecule has 2 rings (SSSR count). The van der Waals surface area contributed by atoms with Crippen LogP contribution in [0.15, 0.2) is 36.4 Å². The first-order valence-corrected chi connectivity index (χ1v) is 5.79. The van der Waals surface area contributed by atoms with Gasteiger partial charge in [0.05, 0.1) is 0 Å². The van der Waals surface area contributed by atoms with E-state index in [1.807, 2.05) is 0 Å². The lowest BCUT2D eigenvalue weighted by molar-refractivity contribution is -0.140. The number of carbonyl (C=O) groups is 2. The van der Waals surface area contributed by atoms with E-state index in [0.29, 0.717) is 22.3 Å². The molecule has 0 saturated carbocycles. The van der Waals surface area contributed by atoms with Crippen LogP contribution >= 0.6 is 0 Å². The summed E-state index contributed by atoms with van der Waals surface area (Å²) in [5.74, 6) is -1.32. The Bertz CT molecular complexity index is 592. The summed E-state index contributed by atoms with van der Waals surface area (Å²) in [6, 6.07) is 10.2. The van der Waals surface area contributed by atoms with Crippen molar-refractivity contribution in [3.8, 4) is 11.5 Å². The quantitative estimate of drug-likeness (QED) is 0.835. The Hall–Kier alpha value is -2.76. The van der Waals surface area contributed by atoms with Crippen molar-refractivity contribution >= 4 is 22.7 Å². The topological polar surface area (TPSA) is 93.1 Å². The number of carboxylic acid groups (broad SMARTS) is 2. The normalized spacial score (nSPS) is 10.2. The maximum atomic E-state index is 10.5. The molecule has 2 N–H and O–H groups in total. The molecule has 0 aliphatic heterocycles. The fourth-order valence-corrected chi connectivity index (χ4v) is 1.78. The van der Waals surface area contributed by atoms with Crippen molar-refractivity contribution in [3.63, 3.8) is 0 Å². The van der Waals surface area contributed by atoms with E-state index in [2.05, 4.69) is 0 Å². The van der Waals surface area contributed by atoms with E-state index in [1.165, 1.54) is 0 Å². The molecule has 0 amide bonds. The van der Waals surface area contributed by atoms with Crippen molar-refractivity contribution in [1.29, 1.82) is 0 Å². The average Bonchev–Trinajstić information content (AvgIpc) is 2.42. The van der Waals surface area contributed by atoms with Gasteiger partial charge in [-0.25, -0.2) is 9.59 Å². The predicted octanol–water partition coefficient (Wildman–Crippen LogP) is 1.77. The van der Waals surface area contributed by atoms with Crippen molar-refractivity contribution in [2.24, 2.45) is 0 Å². The molecule has 0 bridgehead atoms. The van der Waals surface area contributed by atoms with Crippen LogP contribution < -0.4 is 9.47 Å². The molecular formula is C14H12O6. The smallest absolute Gasteiger partial charge is 0.341 e. The van der Waals surface area contributed by atoms with E-state index < -0.39 is 25.2 Å². The molecular weight excluding hydrogens is 264 g/mol. The van der Waals surface area contributed by atoms with Crippen LogP contribution in [0.25, 0.3) is 10.8 Å². The summed E-state index contributed by atoms with van der Waals surface area (Å²) in [6.07, 6.45) is 0. The third-order valence-corrected chi connectivity index (χ3v) is 2.54. The highest BCUT2D eigenvalue weighted by Crippen LogP contribution is 2.32. The number of hydrogen-bond donors (Lipinski definition) is 2. The number of fused-ring (bicyclic) bond motifs is 1. The Morgan fingerprint density at radius 2 is 1.20 bits per heavy atom. The standard InChI is InChI=1S/C14H12O6/c15-13(16)7-19-11-5-1-3-9-10(11)4-2-6-12(9)20-8-14(17)18/h1-6H,7-8H2,(H,15,16)(H,17,18). The lowest BCUT2D eigenvalue weighted by atomic mass is 10.1. The van der Waals surface area contributed by atoms with Crippen molar-refractivity contribution in [1.82, 2.24) is 0 Å². The molecule has 2 aromatic rings. The molecule has 20 heavy (non-hydrogen) atoms. The van der Waals surface area contributed by atoms with Crippen LogP contribution in [0.3, 0.4) is 0 Å². The molecule has 6 heteroatoms. The van der Waals surface area contributed by atoms with Crippen LogP contribution in [0.5, 0.6) is 11.5 Å². The largest absolute Gasteiger partial charge is 0.481 e. The van der Waals surface area contributed by atoms with Crippen LogP contribution in [-0.4, -0.2) is 35.4 Å². The molecule has 0 atom stereocenters. The summed E-state index contributed by atoms with van der Waals surface area (Å²) in [6.45, 7) is -0.890. The summed E-state index contributed by atoms with van der Waals surface area (Å²) in [5.41, 5.74) is 0. The number of rotatable bonds is 6. The fourth-order valence-electron chi connectivity index (χ4n) is 1.78. The monoisotopic (exact) mass is 276 g/mol. The molecule has 0 unspecified atom stereocenters. The summed E-state index contributed by atoms with van der Waals surface area (Å²) < 4.78 is 10.4. The Labute approximate surface area is 114 Å². The molecule has 104 valence electrons. The molecule has 0 aromatic heterocycles. The van der Waals surface area contributed by atoms with Gasteiger partial charge in [0.2, 0.25) is 0 Å². The van der Waals surface area contributed by atoms with E-state index in [0.717, 1.165) is 0 Å². The van der Waals surface area contributed by atoms with E-state index >= 15 is 0 Å². The fraction of sp³-hybridized carbons (Fsp3) is 0.143. The van der Waals surface area contributed by atoms with E-state index in [1.54, 1.807) is 36.4 Å². The van der Waals surface area contributed by atoms with Crippen molar-refractivity contribution in [3.05, 3.63) is 36.4 Å². The van der Waals surface area contributed by atoms with Crippen molar-refractivity contribution in [2.75, 3.05) is 13.2 Å². The second-order valence-electron chi connectivity index (χ2n) is 3.97. The molecule has 0 aliphatic rings. The van der Waals surface area contributed by atoms with Crippen molar-refractivity contribution in [2.45, 2.75) is 0 Å². The molecule has 0 fully saturated rings. The van der Waals surface area contributed by atoms with Crippen LogP contribution in [0.2, 0.25) is 0 Å². The molecule has 2 aromatic carbocycles. The zero-order valence-electron chi connectivity index (χ0n) is 10.4. The minimum atomic E-state index is -1.07. The summed E-state index contributed by atoms with van der Waals surface area (Å²) in [4.78, 5) is 21.1. The van der Waals surface area contributed by atoms with Crippen LogP contribution in [-0.2, 0) is 9.59 Å². The van der Waals surface area contributed by atoms with E-state index in [4.69, 9.17) is 19.7 Å². The lowest BCUT2D eigenvalue weighted by Crippen LogP contribution is -2.10. The highest BCUT2D eigenvalue weighted by atomic mass is 16.5. The zero-order valence-corrected chi connectivity index (χ0v) is 10.4. The summed E-state index contributed by atoms with van der Waals surface area (Å²) in [7, 11) is 0. The first-order valence-electron chi connectivity index (χ1n) is 5.79. The minimum Gasteiger partial charge on any atom is -0.481 e. The number of carboxylic acids is 2. The predicted molar refractivity (Wildman–Crippen MR) is 70.2 cm³/mol. The second-order valence-corrected chi connectivity index (χ2v) is 3.97. The van der Waals surface area contributed by atoms with Crippen LogP contribution in [0, 0.1) is 0 Å². The third kappa shape index (κ3) is 3.17. The zero-order chi connectivity index (χ0) is 14.5. The van der Waals surface area contributed by atoms with Gasteiger partial charge in [0.25, 0.3) is 0 Å². The molecule has 0 heterocycles. The Morgan fingerprint density at radius 1 is 0.800 bits per heavy atom. The van der Waals surface area contributed by atoms with Gasteiger partial charge in [-0.1, -0.05) is 24.3 Å². The van der Waals surface area contributed by atoms with Crippen LogP contribution in [0.4, 0.5) is 0 Å². The minimum absolute atomic E-state index is 0.408. The van der Waals surface area contributed by atoms with Gasteiger partial charge in [0.1, 0.15) is 11.5 Å². The van der Waals surface area contributed by atoms with Gasteiger partial charge < -0.3 is 19.7 Å². The van der Waals surface area contributed by atoms with Crippen molar-refractivity contribution < 1.29 is 29.3 Å². The first kappa shape index (κ1) is 13.7. The molecule has 0 aliphatic carbocycles. The molecule has 0 radical (unpaired) electrons. The number of hydrogen-bond acceptors (Lipinski definition) is 4. The Kier molecular flexibility index (Phi) is 4.05. The number of ether oxygens (including phenoxy) is 2. The highest BCUT2D eigenvalue weighted by Gasteiger charge is 2.09. The van der Waals surface area contributed by atoms with Gasteiger partial charge in [-0.3, -0.25) is 0 Å². The Balaban J connectivity index is 2.35. The van der Waals surface area contributed by atoms with Gasteiger partial charge in [0.15, 0.2) is 13.2 Å². The highest BCUT2D eigenvalue weighted by molar-refractivity contribution is 5.93.